The Labute approximate surface area is 113 Å². The molecule has 0 aromatic heterocycles. The zero-order valence-corrected chi connectivity index (χ0v) is 11.8. The maximum Gasteiger partial charge on any atom is 0.407 e. The molecule has 4 N–H and O–H groups in total. The summed E-state index contributed by atoms with van der Waals surface area (Å²) in [4.78, 5) is 22.4. The number of aliphatic carboxylic acids is 1. The molecule has 1 atom stereocenters. The van der Waals surface area contributed by atoms with Gasteiger partial charge < -0.3 is 20.9 Å². The first-order chi connectivity index (χ1) is 8.69. The number of hydrogen-bond acceptors (Lipinski definition) is 4. The predicted molar refractivity (Wildman–Crippen MR) is 70.7 cm³/mol. The third-order valence-electron chi connectivity index (χ3n) is 3.29. The average molecular weight is 272 g/mol. The summed E-state index contributed by atoms with van der Waals surface area (Å²) in [5.74, 6) is -0.960. The molecule has 0 heterocycles. The standard InChI is InChI=1S/C13H24N2O4/c1-13(2,3)19-12(18)15-9-6-4-8(5-7-9)10(14)11(16)17/h8-10H,4-7,14H2,1-3H3,(H,15,18)(H,16,17). The first-order valence-electron chi connectivity index (χ1n) is 6.67. The van der Waals surface area contributed by atoms with Gasteiger partial charge in [0.05, 0.1) is 0 Å². The minimum atomic E-state index is -0.955. The lowest BCUT2D eigenvalue weighted by Gasteiger charge is -2.31. The van der Waals surface area contributed by atoms with E-state index in [2.05, 4.69) is 5.32 Å². The largest absolute Gasteiger partial charge is 0.480 e. The first-order valence-corrected chi connectivity index (χ1v) is 6.67. The van der Waals surface area contributed by atoms with E-state index in [9.17, 15) is 9.59 Å². The quantitative estimate of drug-likeness (QED) is 0.722. The minimum absolute atomic E-state index is 0.00538. The maximum atomic E-state index is 11.6. The van der Waals surface area contributed by atoms with Crippen LogP contribution in [0.3, 0.4) is 0 Å². The Balaban J connectivity index is 2.34. The third kappa shape index (κ3) is 5.46. The molecular formula is C13H24N2O4. The Kier molecular flexibility index (Phi) is 5.17. The average Bonchev–Trinajstić information content (AvgIpc) is 2.26. The number of rotatable bonds is 3. The van der Waals surface area contributed by atoms with Crippen molar-refractivity contribution in [2.75, 3.05) is 0 Å². The van der Waals surface area contributed by atoms with Crippen molar-refractivity contribution < 1.29 is 19.4 Å². The number of carbonyl (C=O) groups excluding carboxylic acids is 1. The zero-order valence-electron chi connectivity index (χ0n) is 11.8. The second-order valence-corrected chi connectivity index (χ2v) is 6.12. The van der Waals surface area contributed by atoms with Crippen LogP contribution in [0.25, 0.3) is 0 Å². The molecule has 0 spiro atoms. The van der Waals surface area contributed by atoms with Crippen LogP contribution >= 0.6 is 0 Å². The van der Waals surface area contributed by atoms with Crippen molar-refractivity contribution in [3.63, 3.8) is 0 Å². The Morgan fingerprint density at radius 1 is 1.26 bits per heavy atom. The fraction of sp³-hybridized carbons (Fsp3) is 0.846. The molecule has 6 nitrogen and oxygen atoms in total. The summed E-state index contributed by atoms with van der Waals surface area (Å²) in [5, 5.41) is 11.7. The lowest BCUT2D eigenvalue weighted by Crippen LogP contribution is -2.45. The van der Waals surface area contributed by atoms with Crippen LogP contribution in [0.15, 0.2) is 0 Å². The lowest BCUT2D eigenvalue weighted by atomic mass is 9.82. The molecule has 1 fully saturated rings. The molecular weight excluding hydrogens is 248 g/mol. The van der Waals surface area contributed by atoms with E-state index >= 15 is 0 Å². The molecule has 0 saturated heterocycles. The second kappa shape index (κ2) is 6.23. The van der Waals surface area contributed by atoms with E-state index in [4.69, 9.17) is 15.6 Å². The fourth-order valence-electron chi connectivity index (χ4n) is 2.30. The van der Waals surface area contributed by atoms with Crippen LogP contribution in [0.2, 0.25) is 0 Å². The Morgan fingerprint density at radius 3 is 2.21 bits per heavy atom. The summed E-state index contributed by atoms with van der Waals surface area (Å²) in [7, 11) is 0. The van der Waals surface area contributed by atoms with Crippen molar-refractivity contribution >= 4 is 12.1 Å². The Bertz CT molecular complexity index is 330. The highest BCUT2D eigenvalue weighted by Crippen LogP contribution is 2.26. The van der Waals surface area contributed by atoms with Crippen LogP contribution in [-0.4, -0.2) is 34.9 Å². The molecule has 0 aromatic rings. The van der Waals surface area contributed by atoms with Crippen LogP contribution in [0.5, 0.6) is 0 Å². The monoisotopic (exact) mass is 272 g/mol. The smallest absolute Gasteiger partial charge is 0.407 e. The third-order valence-corrected chi connectivity index (χ3v) is 3.29. The van der Waals surface area contributed by atoms with Crippen LogP contribution in [0, 0.1) is 5.92 Å². The SMILES string of the molecule is CC(C)(C)OC(=O)NC1CCC(C(N)C(=O)O)CC1. The molecule has 1 aliphatic carbocycles. The van der Waals surface area contributed by atoms with Crippen molar-refractivity contribution in [2.24, 2.45) is 11.7 Å². The van der Waals surface area contributed by atoms with Crippen LogP contribution in [0.4, 0.5) is 4.79 Å². The van der Waals surface area contributed by atoms with Gasteiger partial charge in [0.25, 0.3) is 0 Å². The normalized spacial score (nSPS) is 25.5. The zero-order chi connectivity index (χ0) is 14.6. The Morgan fingerprint density at radius 2 is 1.79 bits per heavy atom. The number of alkyl carbamates (subject to hydrolysis) is 1. The summed E-state index contributed by atoms with van der Waals surface area (Å²) in [6.45, 7) is 5.44. The van der Waals surface area contributed by atoms with E-state index in [0.717, 1.165) is 12.8 Å². The van der Waals surface area contributed by atoms with Gasteiger partial charge in [-0.05, 0) is 52.4 Å². The summed E-state index contributed by atoms with van der Waals surface area (Å²) in [6.07, 6.45) is 2.50. The van der Waals surface area contributed by atoms with Gasteiger partial charge >= 0.3 is 12.1 Å². The van der Waals surface area contributed by atoms with Crippen molar-refractivity contribution in [3.8, 4) is 0 Å². The van der Waals surface area contributed by atoms with E-state index in [-0.39, 0.29) is 12.0 Å². The molecule has 0 radical (unpaired) electrons. The van der Waals surface area contributed by atoms with E-state index in [0.29, 0.717) is 12.8 Å². The van der Waals surface area contributed by atoms with E-state index in [1.807, 2.05) is 20.8 Å². The van der Waals surface area contributed by atoms with Crippen LogP contribution < -0.4 is 11.1 Å². The number of ether oxygens (including phenoxy) is 1. The molecule has 0 bridgehead atoms. The molecule has 1 unspecified atom stereocenters. The van der Waals surface area contributed by atoms with Gasteiger partial charge in [0, 0.05) is 6.04 Å². The fourth-order valence-corrected chi connectivity index (χ4v) is 2.30. The van der Waals surface area contributed by atoms with Gasteiger partial charge in [-0.2, -0.15) is 0 Å². The van der Waals surface area contributed by atoms with Gasteiger partial charge in [0.15, 0.2) is 0 Å². The molecule has 110 valence electrons. The van der Waals surface area contributed by atoms with Gasteiger partial charge in [0.2, 0.25) is 0 Å². The molecule has 1 aliphatic rings. The predicted octanol–water partition coefficient (Wildman–Crippen LogP) is 1.48. The Hall–Kier alpha value is -1.30. The van der Waals surface area contributed by atoms with Crippen LogP contribution in [-0.2, 0) is 9.53 Å². The number of nitrogens with two attached hydrogens (primary N) is 1. The highest BCUT2D eigenvalue weighted by atomic mass is 16.6. The molecule has 0 aliphatic heterocycles. The van der Waals surface area contributed by atoms with E-state index in [1.165, 1.54) is 0 Å². The molecule has 1 amide bonds. The highest BCUT2D eigenvalue weighted by Gasteiger charge is 2.30. The highest BCUT2D eigenvalue weighted by molar-refractivity contribution is 5.73. The van der Waals surface area contributed by atoms with Crippen molar-refractivity contribution in [3.05, 3.63) is 0 Å². The van der Waals surface area contributed by atoms with E-state index < -0.39 is 23.7 Å². The second-order valence-electron chi connectivity index (χ2n) is 6.12. The summed E-state index contributed by atoms with van der Waals surface area (Å²) < 4.78 is 5.18. The van der Waals surface area contributed by atoms with E-state index in [1.54, 1.807) is 0 Å². The molecule has 6 heteroatoms. The van der Waals surface area contributed by atoms with Gasteiger partial charge in [-0.1, -0.05) is 0 Å². The van der Waals surface area contributed by atoms with Gasteiger partial charge in [-0.3, -0.25) is 4.79 Å². The van der Waals surface area contributed by atoms with Crippen molar-refractivity contribution in [1.82, 2.24) is 5.32 Å². The number of hydrogen-bond donors (Lipinski definition) is 3. The molecule has 0 aromatic carbocycles. The topological polar surface area (TPSA) is 102 Å². The maximum absolute atomic E-state index is 11.6. The minimum Gasteiger partial charge on any atom is -0.480 e. The van der Waals surface area contributed by atoms with Crippen LogP contribution in [0.1, 0.15) is 46.5 Å². The van der Waals surface area contributed by atoms with Crippen molar-refractivity contribution in [2.45, 2.75) is 64.1 Å². The van der Waals surface area contributed by atoms with Gasteiger partial charge in [-0.25, -0.2) is 4.79 Å². The summed E-state index contributed by atoms with van der Waals surface area (Å²) in [5.41, 5.74) is 5.10. The number of carboxylic acid groups (broad SMARTS) is 1. The van der Waals surface area contributed by atoms with Crippen molar-refractivity contribution in [1.29, 1.82) is 0 Å². The summed E-state index contributed by atoms with van der Waals surface area (Å²) >= 11 is 0. The molecule has 1 saturated carbocycles. The number of carbonyl (C=O) groups is 2. The number of carboxylic acids is 1. The first kappa shape index (κ1) is 15.8. The molecule has 1 rings (SSSR count). The number of amides is 1. The van der Waals surface area contributed by atoms with Gasteiger partial charge in [0.1, 0.15) is 11.6 Å². The summed E-state index contributed by atoms with van der Waals surface area (Å²) in [6, 6.07) is -0.755. The number of nitrogens with one attached hydrogen (secondary N) is 1. The van der Waals surface area contributed by atoms with Gasteiger partial charge in [-0.15, -0.1) is 0 Å². The molecule has 19 heavy (non-hydrogen) atoms. The lowest BCUT2D eigenvalue weighted by molar-refractivity contribution is -0.140.